The van der Waals surface area contributed by atoms with Crippen LogP contribution in [0.25, 0.3) is 0 Å². The van der Waals surface area contributed by atoms with Gasteiger partial charge >= 0.3 is 6.03 Å². The van der Waals surface area contributed by atoms with Crippen LogP contribution in [-0.4, -0.2) is 30.9 Å². The van der Waals surface area contributed by atoms with Gasteiger partial charge in [-0.25, -0.2) is 4.79 Å². The molecular weight excluding hydrogens is 268 g/mol. The van der Waals surface area contributed by atoms with Gasteiger partial charge in [0.2, 0.25) is 0 Å². The van der Waals surface area contributed by atoms with Crippen LogP contribution in [0.2, 0.25) is 0 Å². The number of aliphatic hydroxyl groups excluding tert-OH is 1. The van der Waals surface area contributed by atoms with E-state index >= 15 is 0 Å². The number of carbonyl (C=O) groups excluding carboxylic acids is 1. The number of carbonyl (C=O) groups is 1. The van der Waals surface area contributed by atoms with Crippen LogP contribution in [0.15, 0.2) is 24.3 Å². The molecule has 2 atom stereocenters. The Kier molecular flexibility index (Phi) is 5.87. The van der Waals surface area contributed by atoms with Crippen molar-refractivity contribution in [3.63, 3.8) is 0 Å². The van der Waals surface area contributed by atoms with E-state index < -0.39 is 0 Å². The van der Waals surface area contributed by atoms with Gasteiger partial charge in [-0.2, -0.15) is 0 Å². The lowest BCUT2D eigenvalue weighted by Gasteiger charge is -2.24. The third kappa shape index (κ3) is 4.63. The van der Waals surface area contributed by atoms with Crippen molar-refractivity contribution in [2.75, 3.05) is 19.0 Å². The van der Waals surface area contributed by atoms with Crippen molar-refractivity contribution < 1.29 is 14.6 Å². The highest BCUT2D eigenvalue weighted by Gasteiger charge is 2.24. The standard InChI is InChI=1S/C16H24N2O3/c1-21-14-8-5-7-13(10-14)17-16(20)18-15-9-4-2-3-6-12(15)11-19/h5,7-8,10,12,15,19H,2-4,6,9,11H2,1H3,(H2,17,18,20). The highest BCUT2D eigenvalue weighted by Crippen LogP contribution is 2.23. The number of amides is 2. The molecule has 2 amide bonds. The first-order chi connectivity index (χ1) is 10.2. The van der Waals surface area contributed by atoms with E-state index in [1.165, 1.54) is 6.42 Å². The van der Waals surface area contributed by atoms with Gasteiger partial charge in [-0.05, 0) is 25.0 Å². The molecule has 2 rings (SSSR count). The molecule has 5 heteroatoms. The molecule has 21 heavy (non-hydrogen) atoms. The van der Waals surface area contributed by atoms with E-state index in [2.05, 4.69) is 10.6 Å². The van der Waals surface area contributed by atoms with Gasteiger partial charge in [0.05, 0.1) is 7.11 Å². The molecule has 0 aliphatic heterocycles. The van der Waals surface area contributed by atoms with Gasteiger partial charge in [-0.3, -0.25) is 0 Å². The van der Waals surface area contributed by atoms with E-state index in [1.807, 2.05) is 18.2 Å². The number of hydrogen-bond donors (Lipinski definition) is 3. The van der Waals surface area contributed by atoms with Gasteiger partial charge in [-0.15, -0.1) is 0 Å². The SMILES string of the molecule is COc1cccc(NC(=O)NC2CCCCCC2CO)c1. The quantitative estimate of drug-likeness (QED) is 0.747. The molecular formula is C16H24N2O3. The number of nitrogens with one attached hydrogen (secondary N) is 2. The maximum absolute atomic E-state index is 12.1. The van der Waals surface area contributed by atoms with Crippen LogP contribution in [0.3, 0.4) is 0 Å². The Labute approximate surface area is 125 Å². The smallest absolute Gasteiger partial charge is 0.319 e. The average molecular weight is 292 g/mol. The molecule has 3 N–H and O–H groups in total. The predicted octanol–water partition coefficient (Wildman–Crippen LogP) is 2.76. The fourth-order valence-corrected chi connectivity index (χ4v) is 2.83. The summed E-state index contributed by atoms with van der Waals surface area (Å²) in [5, 5.41) is 15.3. The molecule has 0 saturated heterocycles. The first-order valence-corrected chi connectivity index (χ1v) is 7.55. The minimum atomic E-state index is -0.228. The number of hydrogen-bond acceptors (Lipinski definition) is 3. The minimum Gasteiger partial charge on any atom is -0.497 e. The molecule has 116 valence electrons. The number of methoxy groups -OCH3 is 1. The van der Waals surface area contributed by atoms with E-state index in [1.54, 1.807) is 13.2 Å². The first kappa shape index (κ1) is 15.6. The van der Waals surface area contributed by atoms with E-state index in [4.69, 9.17) is 4.74 Å². The van der Waals surface area contributed by atoms with Crippen molar-refractivity contribution in [2.24, 2.45) is 5.92 Å². The van der Waals surface area contributed by atoms with Crippen molar-refractivity contribution >= 4 is 11.7 Å². The lowest BCUT2D eigenvalue weighted by Crippen LogP contribution is -2.43. The molecule has 1 aromatic carbocycles. The molecule has 0 spiro atoms. The zero-order valence-electron chi connectivity index (χ0n) is 12.5. The van der Waals surface area contributed by atoms with Crippen molar-refractivity contribution in [1.29, 1.82) is 0 Å². The number of urea groups is 1. The maximum atomic E-state index is 12.1. The summed E-state index contributed by atoms with van der Waals surface area (Å²) in [7, 11) is 1.59. The maximum Gasteiger partial charge on any atom is 0.319 e. The second-order valence-corrected chi connectivity index (χ2v) is 5.52. The molecule has 0 aromatic heterocycles. The molecule has 1 aliphatic rings. The lowest BCUT2D eigenvalue weighted by molar-refractivity contribution is 0.182. The second-order valence-electron chi connectivity index (χ2n) is 5.52. The Hall–Kier alpha value is -1.75. The van der Waals surface area contributed by atoms with Gasteiger partial charge in [-0.1, -0.05) is 25.3 Å². The van der Waals surface area contributed by atoms with Crippen molar-refractivity contribution in [2.45, 2.75) is 38.1 Å². The van der Waals surface area contributed by atoms with Crippen LogP contribution < -0.4 is 15.4 Å². The van der Waals surface area contributed by atoms with E-state index in [0.29, 0.717) is 11.4 Å². The zero-order valence-corrected chi connectivity index (χ0v) is 12.5. The Morgan fingerprint density at radius 1 is 1.33 bits per heavy atom. The summed E-state index contributed by atoms with van der Waals surface area (Å²) in [6.07, 6.45) is 5.30. The summed E-state index contributed by atoms with van der Waals surface area (Å²) in [6, 6.07) is 7.07. The largest absolute Gasteiger partial charge is 0.497 e. The number of benzene rings is 1. The van der Waals surface area contributed by atoms with Gasteiger partial charge in [0.25, 0.3) is 0 Å². The van der Waals surface area contributed by atoms with Crippen LogP contribution in [0.5, 0.6) is 5.75 Å². The Bertz CT molecular complexity index is 465. The molecule has 1 saturated carbocycles. The fraction of sp³-hybridized carbons (Fsp3) is 0.562. The highest BCUT2D eigenvalue weighted by atomic mass is 16.5. The Morgan fingerprint density at radius 3 is 2.90 bits per heavy atom. The Morgan fingerprint density at radius 2 is 2.14 bits per heavy atom. The van der Waals surface area contributed by atoms with Gasteiger partial charge in [0.15, 0.2) is 0 Å². The summed E-state index contributed by atoms with van der Waals surface area (Å²) in [5.41, 5.74) is 0.695. The normalized spacial score (nSPS) is 22.2. The van der Waals surface area contributed by atoms with Gasteiger partial charge < -0.3 is 20.5 Å². The van der Waals surface area contributed by atoms with Gasteiger partial charge in [0.1, 0.15) is 5.75 Å². The molecule has 0 radical (unpaired) electrons. The number of anilines is 1. The van der Waals surface area contributed by atoms with Crippen molar-refractivity contribution in [1.82, 2.24) is 5.32 Å². The van der Waals surface area contributed by atoms with Crippen LogP contribution >= 0.6 is 0 Å². The summed E-state index contributed by atoms with van der Waals surface area (Å²) in [4.78, 5) is 12.1. The van der Waals surface area contributed by atoms with Gasteiger partial charge in [0, 0.05) is 30.3 Å². The lowest BCUT2D eigenvalue weighted by atomic mass is 9.96. The van der Waals surface area contributed by atoms with E-state index in [0.717, 1.165) is 25.7 Å². The van der Waals surface area contributed by atoms with Crippen molar-refractivity contribution in [3.8, 4) is 5.75 Å². The zero-order chi connectivity index (χ0) is 15.1. The first-order valence-electron chi connectivity index (χ1n) is 7.55. The second kappa shape index (κ2) is 7.88. The molecule has 2 unspecified atom stereocenters. The summed E-state index contributed by atoms with van der Waals surface area (Å²) >= 11 is 0. The molecule has 1 aliphatic carbocycles. The average Bonchev–Trinajstić information content (AvgIpc) is 2.72. The van der Waals surface area contributed by atoms with Crippen molar-refractivity contribution in [3.05, 3.63) is 24.3 Å². The summed E-state index contributed by atoms with van der Waals surface area (Å²) < 4.78 is 5.13. The summed E-state index contributed by atoms with van der Waals surface area (Å²) in [6.45, 7) is 0.129. The molecule has 1 fully saturated rings. The van der Waals surface area contributed by atoms with Crippen LogP contribution in [0, 0.1) is 5.92 Å². The minimum absolute atomic E-state index is 0.0445. The van der Waals surface area contributed by atoms with E-state index in [-0.39, 0.29) is 24.6 Å². The highest BCUT2D eigenvalue weighted by molar-refractivity contribution is 5.89. The number of aliphatic hydroxyl groups is 1. The molecule has 0 bridgehead atoms. The molecule has 5 nitrogen and oxygen atoms in total. The topological polar surface area (TPSA) is 70.6 Å². The molecule has 0 heterocycles. The van der Waals surface area contributed by atoms with Crippen LogP contribution in [0.1, 0.15) is 32.1 Å². The van der Waals surface area contributed by atoms with E-state index in [9.17, 15) is 9.90 Å². The molecule has 1 aromatic rings. The third-order valence-electron chi connectivity index (χ3n) is 4.04. The monoisotopic (exact) mass is 292 g/mol. The number of rotatable bonds is 4. The number of ether oxygens (including phenoxy) is 1. The fourth-order valence-electron chi connectivity index (χ4n) is 2.83. The van der Waals surface area contributed by atoms with Crippen LogP contribution in [0.4, 0.5) is 10.5 Å². The summed E-state index contributed by atoms with van der Waals surface area (Å²) in [5.74, 6) is 0.860. The predicted molar refractivity (Wildman–Crippen MR) is 82.6 cm³/mol. The third-order valence-corrected chi connectivity index (χ3v) is 4.04. The Balaban J connectivity index is 1.93. The van der Waals surface area contributed by atoms with Crippen LogP contribution in [-0.2, 0) is 0 Å².